The highest BCUT2D eigenvalue weighted by atomic mass is 16.6. The van der Waals surface area contributed by atoms with Crippen LogP contribution in [0.4, 0.5) is 5.69 Å². The lowest BCUT2D eigenvalue weighted by Crippen LogP contribution is -2.35. The third-order valence-electron chi connectivity index (χ3n) is 5.15. The van der Waals surface area contributed by atoms with Gasteiger partial charge < -0.3 is 20.0 Å². The number of carbonyl (C=O) groups excluding carboxylic acids is 3. The van der Waals surface area contributed by atoms with Crippen molar-refractivity contribution in [3.05, 3.63) is 29.8 Å². The van der Waals surface area contributed by atoms with Crippen molar-refractivity contribution < 1.29 is 24.2 Å². The zero-order valence-corrected chi connectivity index (χ0v) is 11.7. The first-order chi connectivity index (χ1) is 10.5. The van der Waals surface area contributed by atoms with E-state index in [-0.39, 0.29) is 47.2 Å². The van der Waals surface area contributed by atoms with Gasteiger partial charge in [0.05, 0.1) is 17.8 Å². The van der Waals surface area contributed by atoms with E-state index in [1.165, 1.54) is 12.1 Å². The van der Waals surface area contributed by atoms with Crippen LogP contribution in [0.15, 0.2) is 24.3 Å². The number of anilines is 1. The van der Waals surface area contributed by atoms with Gasteiger partial charge in [0.25, 0.3) is 0 Å². The van der Waals surface area contributed by atoms with Crippen LogP contribution in [0.1, 0.15) is 23.2 Å². The lowest BCUT2D eigenvalue weighted by atomic mass is 9.79. The molecule has 1 aliphatic heterocycles. The average molecular weight is 300 g/mol. The van der Waals surface area contributed by atoms with Gasteiger partial charge in [-0.1, -0.05) is 12.1 Å². The number of hydrogen-bond acceptors (Lipinski definition) is 5. The molecule has 5 atom stereocenters. The van der Waals surface area contributed by atoms with Crippen LogP contribution in [0.3, 0.4) is 0 Å². The summed E-state index contributed by atoms with van der Waals surface area (Å²) in [6.45, 7) is 0. The summed E-state index contributed by atoms with van der Waals surface area (Å²) in [7, 11) is 0. The summed E-state index contributed by atoms with van der Waals surface area (Å²) >= 11 is 0. The standard InChI is InChI=1S/C16H15NO5/c18-14(17-9-3-1-2-7(4-9)15(19)20)12-8-5-10-11(6-8)22-16(21)13(10)12/h1-4,8,10-13H,5-6H2,(H,17,18)(H,19,20)/p-1/t8-,10+,11-,12+,13+/m1/s1. The van der Waals surface area contributed by atoms with Crippen molar-refractivity contribution in [3.8, 4) is 0 Å². The van der Waals surface area contributed by atoms with Crippen LogP contribution in [-0.2, 0) is 14.3 Å². The normalized spacial score (nSPS) is 34.5. The Bertz CT molecular complexity index is 683. The number of hydrogen-bond donors (Lipinski definition) is 1. The van der Waals surface area contributed by atoms with Gasteiger partial charge in [0.2, 0.25) is 5.91 Å². The summed E-state index contributed by atoms with van der Waals surface area (Å²) in [5.74, 6) is -2.16. The predicted octanol–water partition coefficient (Wildman–Crippen LogP) is 0.186. The Balaban J connectivity index is 1.55. The van der Waals surface area contributed by atoms with Gasteiger partial charge in [-0.25, -0.2) is 0 Å². The van der Waals surface area contributed by atoms with Crippen LogP contribution in [0.5, 0.6) is 0 Å². The second-order valence-electron chi connectivity index (χ2n) is 6.28. The van der Waals surface area contributed by atoms with E-state index in [1.807, 2.05) is 0 Å². The molecule has 1 heterocycles. The number of benzene rings is 1. The predicted molar refractivity (Wildman–Crippen MR) is 72.5 cm³/mol. The molecule has 2 bridgehead atoms. The Morgan fingerprint density at radius 3 is 2.86 bits per heavy atom. The quantitative estimate of drug-likeness (QED) is 0.804. The minimum Gasteiger partial charge on any atom is -0.545 e. The Hall–Kier alpha value is -2.37. The number of carboxylic acid groups (broad SMARTS) is 1. The van der Waals surface area contributed by atoms with Gasteiger partial charge in [-0.2, -0.15) is 0 Å². The monoisotopic (exact) mass is 300 g/mol. The third kappa shape index (κ3) is 1.83. The van der Waals surface area contributed by atoms with E-state index in [0.29, 0.717) is 5.69 Å². The first-order valence-corrected chi connectivity index (χ1v) is 7.37. The van der Waals surface area contributed by atoms with Crippen LogP contribution in [0.2, 0.25) is 0 Å². The smallest absolute Gasteiger partial charge is 0.310 e. The van der Waals surface area contributed by atoms with E-state index in [2.05, 4.69) is 5.32 Å². The molecule has 1 aromatic rings. The Morgan fingerprint density at radius 2 is 2.09 bits per heavy atom. The van der Waals surface area contributed by atoms with Gasteiger partial charge in [-0.15, -0.1) is 0 Å². The molecule has 1 saturated heterocycles. The van der Waals surface area contributed by atoms with Crippen molar-refractivity contribution in [3.63, 3.8) is 0 Å². The molecule has 6 heteroatoms. The van der Waals surface area contributed by atoms with Gasteiger partial charge >= 0.3 is 5.97 Å². The Kier molecular flexibility index (Phi) is 2.76. The fourth-order valence-corrected chi connectivity index (χ4v) is 4.31. The maximum absolute atomic E-state index is 12.5. The van der Waals surface area contributed by atoms with Gasteiger partial charge in [-0.05, 0) is 36.5 Å². The number of nitrogens with one attached hydrogen (secondary N) is 1. The summed E-state index contributed by atoms with van der Waals surface area (Å²) in [5, 5.41) is 13.6. The fraction of sp³-hybridized carbons (Fsp3) is 0.438. The number of ether oxygens (including phenoxy) is 1. The average Bonchev–Trinajstić information content (AvgIpc) is 3.08. The van der Waals surface area contributed by atoms with Crippen LogP contribution in [0, 0.1) is 23.7 Å². The zero-order chi connectivity index (χ0) is 15.4. The van der Waals surface area contributed by atoms with Gasteiger partial charge in [0, 0.05) is 11.6 Å². The minimum absolute atomic E-state index is 0.00563. The van der Waals surface area contributed by atoms with E-state index in [9.17, 15) is 19.5 Å². The lowest BCUT2D eigenvalue weighted by Gasteiger charge is -2.23. The van der Waals surface area contributed by atoms with E-state index in [0.717, 1.165) is 12.8 Å². The van der Waals surface area contributed by atoms with Crippen molar-refractivity contribution in [2.45, 2.75) is 18.9 Å². The molecule has 22 heavy (non-hydrogen) atoms. The van der Waals surface area contributed by atoms with Gasteiger partial charge in [0.15, 0.2) is 0 Å². The van der Waals surface area contributed by atoms with E-state index >= 15 is 0 Å². The van der Waals surface area contributed by atoms with Crippen molar-refractivity contribution in [1.29, 1.82) is 0 Å². The number of esters is 1. The molecule has 2 aliphatic carbocycles. The maximum Gasteiger partial charge on any atom is 0.310 e. The molecule has 1 amide bonds. The molecule has 3 aliphatic rings. The third-order valence-corrected chi connectivity index (χ3v) is 5.15. The molecule has 0 spiro atoms. The lowest BCUT2D eigenvalue weighted by molar-refractivity contribution is -0.255. The van der Waals surface area contributed by atoms with Crippen molar-refractivity contribution in [1.82, 2.24) is 0 Å². The summed E-state index contributed by atoms with van der Waals surface area (Å²) < 4.78 is 5.32. The van der Waals surface area contributed by atoms with Crippen LogP contribution < -0.4 is 10.4 Å². The van der Waals surface area contributed by atoms with Crippen molar-refractivity contribution in [2.24, 2.45) is 23.7 Å². The number of rotatable bonds is 3. The molecule has 4 rings (SSSR count). The maximum atomic E-state index is 12.5. The Morgan fingerprint density at radius 1 is 1.27 bits per heavy atom. The summed E-state index contributed by atoms with van der Waals surface area (Å²) in [6, 6.07) is 5.92. The second-order valence-corrected chi connectivity index (χ2v) is 6.28. The highest BCUT2D eigenvalue weighted by Gasteiger charge is 2.63. The number of carboxylic acids is 1. The van der Waals surface area contributed by atoms with Crippen molar-refractivity contribution in [2.75, 3.05) is 5.32 Å². The summed E-state index contributed by atoms with van der Waals surface area (Å²) in [4.78, 5) is 35.3. The molecule has 0 radical (unpaired) electrons. The van der Waals surface area contributed by atoms with Crippen LogP contribution in [-0.4, -0.2) is 23.9 Å². The fourth-order valence-electron chi connectivity index (χ4n) is 4.31. The van der Waals surface area contributed by atoms with Crippen LogP contribution >= 0.6 is 0 Å². The molecule has 2 saturated carbocycles. The molecule has 0 aromatic heterocycles. The van der Waals surface area contributed by atoms with E-state index in [4.69, 9.17) is 4.74 Å². The molecule has 0 unspecified atom stereocenters. The second kappa shape index (κ2) is 4.56. The van der Waals surface area contributed by atoms with Crippen LogP contribution in [0.25, 0.3) is 0 Å². The topological polar surface area (TPSA) is 95.5 Å². The number of fused-ring (bicyclic) bond motifs is 1. The molecule has 1 aromatic carbocycles. The molecule has 6 nitrogen and oxygen atoms in total. The minimum atomic E-state index is -1.29. The van der Waals surface area contributed by atoms with E-state index in [1.54, 1.807) is 12.1 Å². The molecule has 3 fully saturated rings. The summed E-state index contributed by atoms with van der Waals surface area (Å²) in [6.07, 6.45) is 1.61. The van der Waals surface area contributed by atoms with E-state index < -0.39 is 5.97 Å². The Labute approximate surface area is 126 Å². The highest BCUT2D eigenvalue weighted by molar-refractivity contribution is 5.98. The molecular formula is C16H14NO5-. The number of amides is 1. The zero-order valence-electron chi connectivity index (χ0n) is 11.7. The number of aromatic carboxylic acids is 1. The van der Waals surface area contributed by atoms with Crippen molar-refractivity contribution >= 4 is 23.5 Å². The summed E-state index contributed by atoms with van der Waals surface area (Å²) in [5.41, 5.74) is 0.406. The van der Waals surface area contributed by atoms with Gasteiger partial charge in [0.1, 0.15) is 6.10 Å². The first-order valence-electron chi connectivity index (χ1n) is 7.37. The highest BCUT2D eigenvalue weighted by Crippen LogP contribution is 2.57. The number of carbonyl (C=O) groups is 3. The largest absolute Gasteiger partial charge is 0.545 e. The molecule has 1 N–H and O–H groups in total. The SMILES string of the molecule is O=C([O-])c1cccc(NC(=O)[C@H]2[C@@H]3C[C@@H]4[C@@H]2C(=O)O[C@@H]4C3)c1. The van der Waals surface area contributed by atoms with Gasteiger partial charge in [-0.3, -0.25) is 9.59 Å². The molecule has 114 valence electrons. The first kappa shape index (κ1) is 13.3. The molecular weight excluding hydrogens is 286 g/mol.